The number of hydrogen-bond acceptors (Lipinski definition) is 5. The Morgan fingerprint density at radius 1 is 1.06 bits per heavy atom. The number of nitrogens with one attached hydrogen (secondary N) is 1. The topological polar surface area (TPSA) is 52.6 Å². The van der Waals surface area contributed by atoms with E-state index < -0.39 is 0 Å². The Kier molecular flexibility index (Phi) is 8.65. The molecule has 180 valence electrons. The van der Waals surface area contributed by atoms with E-state index in [0.717, 1.165) is 43.6 Å². The average molecular weight is 446 g/mol. The van der Waals surface area contributed by atoms with Crippen LogP contribution in [0.4, 0.5) is 0 Å². The molecule has 32 heavy (non-hydrogen) atoms. The number of methoxy groups -OCH3 is 2. The molecule has 2 heterocycles. The van der Waals surface area contributed by atoms with Crippen molar-refractivity contribution in [2.24, 2.45) is 4.99 Å². The van der Waals surface area contributed by atoms with Crippen LogP contribution in [-0.2, 0) is 6.54 Å². The summed E-state index contributed by atoms with van der Waals surface area (Å²) in [4.78, 5) is 12.0. The first kappa shape index (κ1) is 24.6. The molecule has 1 N–H and O–H groups in total. The molecular formula is C25H43N5O2. The van der Waals surface area contributed by atoms with Crippen molar-refractivity contribution in [1.29, 1.82) is 0 Å². The first-order valence-electron chi connectivity index (χ1n) is 12.0. The molecule has 2 fully saturated rings. The fourth-order valence-electron chi connectivity index (χ4n) is 5.16. The van der Waals surface area contributed by atoms with E-state index in [4.69, 9.17) is 9.47 Å². The first-order valence-corrected chi connectivity index (χ1v) is 12.0. The molecule has 1 aromatic carbocycles. The summed E-state index contributed by atoms with van der Waals surface area (Å²) in [5, 5.41) is 3.74. The highest BCUT2D eigenvalue weighted by atomic mass is 16.5. The fourth-order valence-corrected chi connectivity index (χ4v) is 5.16. The van der Waals surface area contributed by atoms with Crippen LogP contribution in [0.15, 0.2) is 17.1 Å². The van der Waals surface area contributed by atoms with Crippen molar-refractivity contribution in [2.45, 2.75) is 51.1 Å². The van der Waals surface area contributed by atoms with Crippen LogP contribution in [0.1, 0.15) is 43.2 Å². The second-order valence-electron chi connectivity index (χ2n) is 9.47. The number of nitrogens with zero attached hydrogens (tertiary/aromatic N) is 4. The van der Waals surface area contributed by atoms with Crippen LogP contribution in [0, 0.1) is 6.92 Å². The Bertz CT molecular complexity index is 768. The molecule has 0 aromatic heterocycles. The Labute approximate surface area is 194 Å². The molecule has 0 spiro atoms. The molecule has 3 rings (SSSR count). The first-order chi connectivity index (χ1) is 15.4. The number of ether oxygens (including phenoxy) is 2. The van der Waals surface area contributed by atoms with Crippen LogP contribution in [0.2, 0.25) is 0 Å². The Morgan fingerprint density at radius 2 is 1.69 bits per heavy atom. The minimum atomic E-state index is 0.225. The Hall–Kier alpha value is -1.99. The van der Waals surface area contributed by atoms with Gasteiger partial charge in [-0.1, -0.05) is 6.42 Å². The minimum Gasteiger partial charge on any atom is -0.493 e. The Balaban J connectivity index is 1.69. The van der Waals surface area contributed by atoms with Crippen LogP contribution < -0.4 is 14.8 Å². The standard InChI is InChI=1S/C25H43N5O2/c1-20-16-22(31-5)23(32-6)17-21(20)18-29(4)24(26-2)27-19-25(10-14-28(3)15-11-25)30-12-8-7-9-13-30/h16-17H,7-15,18-19H2,1-6H3,(H,26,27). The lowest BCUT2D eigenvalue weighted by molar-refractivity contribution is 0.0170. The van der Waals surface area contributed by atoms with Gasteiger partial charge in [-0.2, -0.15) is 0 Å². The number of likely N-dealkylation sites (tertiary alicyclic amines) is 2. The highest BCUT2D eigenvalue weighted by Gasteiger charge is 2.39. The molecule has 7 heteroatoms. The zero-order chi connectivity index (χ0) is 23.1. The second kappa shape index (κ2) is 11.2. The summed E-state index contributed by atoms with van der Waals surface area (Å²) in [5.41, 5.74) is 2.62. The highest BCUT2D eigenvalue weighted by Crippen LogP contribution is 2.32. The van der Waals surface area contributed by atoms with Crippen molar-refractivity contribution < 1.29 is 9.47 Å². The van der Waals surface area contributed by atoms with Gasteiger partial charge in [0, 0.05) is 32.7 Å². The lowest BCUT2D eigenvalue weighted by Crippen LogP contribution is -2.62. The summed E-state index contributed by atoms with van der Waals surface area (Å²) < 4.78 is 11.0. The molecule has 0 unspecified atom stereocenters. The molecule has 0 radical (unpaired) electrons. The largest absolute Gasteiger partial charge is 0.493 e. The summed E-state index contributed by atoms with van der Waals surface area (Å²) in [6.07, 6.45) is 6.45. The van der Waals surface area contributed by atoms with Crippen molar-refractivity contribution in [3.63, 3.8) is 0 Å². The van der Waals surface area contributed by atoms with Crippen molar-refractivity contribution >= 4 is 5.96 Å². The third-order valence-corrected chi connectivity index (χ3v) is 7.34. The lowest BCUT2D eigenvalue weighted by Gasteiger charge is -2.50. The SMILES string of the molecule is CN=C(NCC1(N2CCCCC2)CCN(C)CC1)N(C)Cc1cc(OC)c(OC)cc1C. The Morgan fingerprint density at radius 3 is 2.28 bits per heavy atom. The number of hydrogen-bond donors (Lipinski definition) is 1. The molecular weight excluding hydrogens is 402 g/mol. The summed E-state index contributed by atoms with van der Waals surface area (Å²) in [5.74, 6) is 2.47. The zero-order valence-corrected chi connectivity index (χ0v) is 21.0. The van der Waals surface area contributed by atoms with Gasteiger partial charge < -0.3 is 24.6 Å². The number of aliphatic imine (C=N–C) groups is 1. The van der Waals surface area contributed by atoms with Crippen molar-refractivity contribution in [3.05, 3.63) is 23.3 Å². The monoisotopic (exact) mass is 445 g/mol. The lowest BCUT2D eigenvalue weighted by atomic mass is 9.84. The van der Waals surface area contributed by atoms with E-state index in [0.29, 0.717) is 0 Å². The van der Waals surface area contributed by atoms with Crippen LogP contribution >= 0.6 is 0 Å². The van der Waals surface area contributed by atoms with Gasteiger partial charge in [-0.25, -0.2) is 0 Å². The maximum atomic E-state index is 5.52. The van der Waals surface area contributed by atoms with Gasteiger partial charge in [0.05, 0.1) is 14.2 Å². The van der Waals surface area contributed by atoms with E-state index in [9.17, 15) is 0 Å². The van der Waals surface area contributed by atoms with E-state index in [1.165, 1.54) is 56.3 Å². The van der Waals surface area contributed by atoms with Gasteiger partial charge in [0.2, 0.25) is 0 Å². The van der Waals surface area contributed by atoms with E-state index >= 15 is 0 Å². The van der Waals surface area contributed by atoms with Gasteiger partial charge >= 0.3 is 0 Å². The van der Waals surface area contributed by atoms with Crippen molar-refractivity contribution in [2.75, 3.05) is 68.1 Å². The maximum Gasteiger partial charge on any atom is 0.193 e. The molecule has 0 bridgehead atoms. The van der Waals surface area contributed by atoms with Gasteiger partial charge in [0.1, 0.15) is 0 Å². The molecule has 0 atom stereocenters. The molecule has 2 saturated heterocycles. The number of guanidine groups is 1. The van der Waals surface area contributed by atoms with Crippen LogP contribution in [-0.4, -0.2) is 94.3 Å². The molecule has 1 aromatic rings. The van der Waals surface area contributed by atoms with E-state index in [-0.39, 0.29) is 5.54 Å². The predicted molar refractivity (Wildman–Crippen MR) is 132 cm³/mol. The fraction of sp³-hybridized carbons (Fsp3) is 0.720. The summed E-state index contributed by atoms with van der Waals surface area (Å²) in [6, 6.07) is 4.12. The van der Waals surface area contributed by atoms with Gasteiger partial charge in [0.15, 0.2) is 17.5 Å². The third kappa shape index (κ3) is 5.67. The maximum absolute atomic E-state index is 5.52. The van der Waals surface area contributed by atoms with Gasteiger partial charge in [-0.3, -0.25) is 9.89 Å². The van der Waals surface area contributed by atoms with E-state index in [1.807, 2.05) is 13.1 Å². The molecule has 2 aliphatic rings. The van der Waals surface area contributed by atoms with Crippen LogP contribution in [0.3, 0.4) is 0 Å². The van der Waals surface area contributed by atoms with Crippen molar-refractivity contribution in [1.82, 2.24) is 20.0 Å². The smallest absolute Gasteiger partial charge is 0.193 e. The average Bonchev–Trinajstić information content (AvgIpc) is 2.82. The van der Waals surface area contributed by atoms with E-state index in [1.54, 1.807) is 14.2 Å². The number of rotatable bonds is 7. The van der Waals surface area contributed by atoms with Crippen molar-refractivity contribution in [3.8, 4) is 11.5 Å². The second-order valence-corrected chi connectivity index (χ2v) is 9.47. The molecule has 2 aliphatic heterocycles. The van der Waals surface area contributed by atoms with Gasteiger partial charge in [-0.15, -0.1) is 0 Å². The predicted octanol–water partition coefficient (Wildman–Crippen LogP) is 2.97. The zero-order valence-electron chi connectivity index (χ0n) is 21.0. The number of aryl methyl sites for hydroxylation is 1. The normalized spacial score (nSPS) is 20.1. The minimum absolute atomic E-state index is 0.225. The molecule has 0 saturated carbocycles. The summed E-state index contributed by atoms with van der Waals surface area (Å²) in [6.45, 7) is 8.60. The molecule has 0 amide bonds. The third-order valence-electron chi connectivity index (χ3n) is 7.34. The summed E-state index contributed by atoms with van der Waals surface area (Å²) >= 11 is 0. The highest BCUT2D eigenvalue weighted by molar-refractivity contribution is 5.79. The van der Waals surface area contributed by atoms with Gasteiger partial charge in [-0.05, 0) is 89.1 Å². The van der Waals surface area contributed by atoms with Crippen LogP contribution in [0.5, 0.6) is 11.5 Å². The van der Waals surface area contributed by atoms with Gasteiger partial charge in [0.25, 0.3) is 0 Å². The molecule has 0 aliphatic carbocycles. The summed E-state index contributed by atoms with van der Waals surface area (Å²) in [7, 11) is 9.58. The van der Waals surface area contributed by atoms with E-state index in [2.05, 4.69) is 52.1 Å². The number of benzene rings is 1. The number of piperidine rings is 2. The van der Waals surface area contributed by atoms with Crippen LogP contribution in [0.25, 0.3) is 0 Å². The quantitative estimate of drug-likeness (QED) is 0.514. The molecule has 7 nitrogen and oxygen atoms in total.